The van der Waals surface area contributed by atoms with Crippen molar-refractivity contribution < 1.29 is 17.9 Å². The van der Waals surface area contributed by atoms with Crippen LogP contribution in [0, 0.1) is 5.92 Å². The molecule has 7 heteroatoms. The number of carbonyl (C=O) groups is 1. The van der Waals surface area contributed by atoms with E-state index in [2.05, 4.69) is 4.72 Å². The van der Waals surface area contributed by atoms with Gasteiger partial charge in [0.05, 0.1) is 18.8 Å². The molecule has 0 radical (unpaired) electrons. The summed E-state index contributed by atoms with van der Waals surface area (Å²) in [7, 11) is -3.20. The van der Waals surface area contributed by atoms with E-state index in [1.807, 2.05) is 0 Å². The Labute approximate surface area is 108 Å². The third-order valence-electron chi connectivity index (χ3n) is 3.39. The zero-order valence-electron chi connectivity index (χ0n) is 10.6. The minimum absolute atomic E-state index is 0.0398. The predicted octanol–water partition coefficient (Wildman–Crippen LogP) is -0.437. The number of sulfonamides is 1. The van der Waals surface area contributed by atoms with Gasteiger partial charge in [-0.3, -0.25) is 4.79 Å². The highest BCUT2D eigenvalue weighted by Crippen LogP contribution is 2.19. The van der Waals surface area contributed by atoms with Crippen molar-refractivity contribution in [3.05, 3.63) is 0 Å². The van der Waals surface area contributed by atoms with Gasteiger partial charge in [0, 0.05) is 25.7 Å². The molecule has 1 amide bonds. The lowest BCUT2D eigenvalue weighted by Crippen LogP contribution is -2.50. The van der Waals surface area contributed by atoms with Crippen molar-refractivity contribution in [1.82, 2.24) is 9.62 Å². The molecule has 0 spiro atoms. The molecule has 0 aromatic carbocycles. The van der Waals surface area contributed by atoms with Crippen molar-refractivity contribution in [2.75, 3.05) is 32.6 Å². The van der Waals surface area contributed by atoms with E-state index in [4.69, 9.17) is 4.74 Å². The van der Waals surface area contributed by atoms with Gasteiger partial charge < -0.3 is 9.64 Å². The van der Waals surface area contributed by atoms with Crippen LogP contribution in [0.5, 0.6) is 0 Å². The second kappa shape index (κ2) is 5.54. The van der Waals surface area contributed by atoms with Gasteiger partial charge in [0.1, 0.15) is 0 Å². The Kier molecular flexibility index (Phi) is 4.24. The van der Waals surface area contributed by atoms with E-state index >= 15 is 0 Å². The molecule has 2 saturated heterocycles. The zero-order chi connectivity index (χ0) is 13.2. The Balaban J connectivity index is 1.91. The number of hydrogen-bond acceptors (Lipinski definition) is 4. The molecule has 6 nitrogen and oxygen atoms in total. The van der Waals surface area contributed by atoms with Gasteiger partial charge in [-0.25, -0.2) is 13.1 Å². The highest BCUT2D eigenvalue weighted by atomic mass is 32.2. The highest BCUT2D eigenvalue weighted by Gasteiger charge is 2.31. The maximum Gasteiger partial charge on any atom is 0.228 e. The molecule has 2 rings (SSSR count). The van der Waals surface area contributed by atoms with Gasteiger partial charge in [-0.15, -0.1) is 0 Å². The van der Waals surface area contributed by atoms with Crippen molar-refractivity contribution >= 4 is 15.9 Å². The van der Waals surface area contributed by atoms with Crippen LogP contribution in [-0.4, -0.2) is 57.8 Å². The fourth-order valence-corrected chi connectivity index (χ4v) is 3.36. The molecule has 2 heterocycles. The van der Waals surface area contributed by atoms with Crippen molar-refractivity contribution in [3.8, 4) is 0 Å². The summed E-state index contributed by atoms with van der Waals surface area (Å²) in [5.74, 6) is 0.0643. The van der Waals surface area contributed by atoms with Crippen LogP contribution in [-0.2, 0) is 19.6 Å². The minimum Gasteiger partial charge on any atom is -0.381 e. The number of nitrogens with one attached hydrogen (secondary N) is 1. The fraction of sp³-hybridized carbons (Fsp3) is 0.909. The number of likely N-dealkylation sites (tertiary alicyclic amines) is 1. The quantitative estimate of drug-likeness (QED) is 0.758. The number of hydrogen-bond donors (Lipinski definition) is 1. The fourth-order valence-electron chi connectivity index (χ4n) is 2.56. The predicted molar refractivity (Wildman–Crippen MR) is 66.5 cm³/mol. The minimum atomic E-state index is -3.20. The summed E-state index contributed by atoms with van der Waals surface area (Å²) < 4.78 is 30.2. The first-order valence-electron chi connectivity index (χ1n) is 6.29. The number of ether oxygens (including phenoxy) is 1. The van der Waals surface area contributed by atoms with Gasteiger partial charge in [0.15, 0.2) is 0 Å². The second-order valence-electron chi connectivity index (χ2n) is 5.07. The van der Waals surface area contributed by atoms with Crippen molar-refractivity contribution in [2.24, 2.45) is 5.92 Å². The van der Waals surface area contributed by atoms with Gasteiger partial charge in [-0.2, -0.15) is 0 Å². The van der Waals surface area contributed by atoms with Crippen LogP contribution in [0.1, 0.15) is 19.3 Å². The highest BCUT2D eigenvalue weighted by molar-refractivity contribution is 7.88. The molecule has 0 bridgehead atoms. The molecule has 1 N–H and O–H groups in total. The SMILES string of the molecule is CS(=O)(=O)NC1CCCN(C(=O)C2CCOC2)C1. The van der Waals surface area contributed by atoms with Gasteiger partial charge >= 0.3 is 0 Å². The van der Waals surface area contributed by atoms with Crippen molar-refractivity contribution in [2.45, 2.75) is 25.3 Å². The van der Waals surface area contributed by atoms with Crippen molar-refractivity contribution in [1.29, 1.82) is 0 Å². The molecule has 2 unspecified atom stereocenters. The van der Waals surface area contributed by atoms with Crippen molar-refractivity contribution in [3.63, 3.8) is 0 Å². The smallest absolute Gasteiger partial charge is 0.228 e. The summed E-state index contributed by atoms with van der Waals surface area (Å²) in [5, 5.41) is 0. The molecule has 2 aliphatic heterocycles. The van der Waals surface area contributed by atoms with Crippen LogP contribution in [0.25, 0.3) is 0 Å². The summed E-state index contributed by atoms with van der Waals surface area (Å²) in [6, 6.07) is -0.153. The normalized spacial score (nSPS) is 29.5. The summed E-state index contributed by atoms with van der Waals surface area (Å²) >= 11 is 0. The molecule has 0 saturated carbocycles. The Morgan fingerprint density at radius 2 is 2.17 bits per heavy atom. The van der Waals surface area contributed by atoms with Gasteiger partial charge in [-0.1, -0.05) is 0 Å². The molecule has 0 aromatic heterocycles. The lowest BCUT2D eigenvalue weighted by molar-refractivity contribution is -0.136. The van der Waals surface area contributed by atoms with E-state index in [1.54, 1.807) is 4.90 Å². The van der Waals surface area contributed by atoms with E-state index in [0.29, 0.717) is 19.8 Å². The summed E-state index contributed by atoms with van der Waals surface area (Å²) in [6.45, 7) is 2.34. The molecule has 0 aliphatic carbocycles. The number of nitrogens with zero attached hydrogens (tertiary/aromatic N) is 1. The van der Waals surface area contributed by atoms with Crippen LogP contribution >= 0.6 is 0 Å². The monoisotopic (exact) mass is 276 g/mol. The maximum atomic E-state index is 12.2. The lowest BCUT2D eigenvalue weighted by Gasteiger charge is -2.34. The third-order valence-corrected chi connectivity index (χ3v) is 4.15. The molecule has 2 atom stereocenters. The first kappa shape index (κ1) is 13.8. The average Bonchev–Trinajstić information content (AvgIpc) is 2.79. The zero-order valence-corrected chi connectivity index (χ0v) is 11.4. The second-order valence-corrected chi connectivity index (χ2v) is 6.85. The molecule has 18 heavy (non-hydrogen) atoms. The number of carbonyl (C=O) groups excluding carboxylic acids is 1. The Morgan fingerprint density at radius 3 is 2.78 bits per heavy atom. The van der Waals surface area contributed by atoms with E-state index in [-0.39, 0.29) is 17.9 Å². The van der Waals surface area contributed by atoms with Gasteiger partial charge in [0.25, 0.3) is 0 Å². The van der Waals surface area contributed by atoms with E-state index in [1.165, 1.54) is 0 Å². The van der Waals surface area contributed by atoms with Crippen LogP contribution in [0.3, 0.4) is 0 Å². The van der Waals surface area contributed by atoms with Crippen LogP contribution in [0.2, 0.25) is 0 Å². The summed E-state index contributed by atoms with van der Waals surface area (Å²) in [4.78, 5) is 13.9. The Morgan fingerprint density at radius 1 is 1.39 bits per heavy atom. The first-order chi connectivity index (χ1) is 8.46. The molecular formula is C11H20N2O4S. The van der Waals surface area contributed by atoms with E-state index in [0.717, 1.165) is 32.1 Å². The third kappa shape index (κ3) is 3.66. The number of piperidine rings is 1. The molecule has 0 aromatic rings. The lowest BCUT2D eigenvalue weighted by atomic mass is 10.0. The Hall–Kier alpha value is -0.660. The summed E-state index contributed by atoms with van der Waals surface area (Å²) in [5.41, 5.74) is 0. The largest absolute Gasteiger partial charge is 0.381 e. The van der Waals surface area contributed by atoms with Crippen LogP contribution in [0.15, 0.2) is 0 Å². The molecule has 2 aliphatic rings. The van der Waals surface area contributed by atoms with Crippen LogP contribution in [0.4, 0.5) is 0 Å². The summed E-state index contributed by atoms with van der Waals surface area (Å²) in [6.07, 6.45) is 3.56. The van der Waals surface area contributed by atoms with E-state index in [9.17, 15) is 13.2 Å². The van der Waals surface area contributed by atoms with E-state index < -0.39 is 10.0 Å². The number of rotatable bonds is 3. The van der Waals surface area contributed by atoms with Crippen LogP contribution < -0.4 is 4.72 Å². The molecular weight excluding hydrogens is 256 g/mol. The maximum absolute atomic E-state index is 12.2. The Bertz CT molecular complexity index is 403. The van der Waals surface area contributed by atoms with Gasteiger partial charge in [0.2, 0.25) is 15.9 Å². The first-order valence-corrected chi connectivity index (χ1v) is 8.18. The standard InChI is InChI=1S/C11H20N2O4S/c1-18(15,16)12-10-3-2-5-13(7-10)11(14)9-4-6-17-8-9/h9-10,12H,2-8H2,1H3. The average molecular weight is 276 g/mol. The molecule has 2 fully saturated rings. The van der Waals surface area contributed by atoms with Gasteiger partial charge in [-0.05, 0) is 19.3 Å². The number of amides is 1. The topological polar surface area (TPSA) is 75.7 Å². The molecule has 104 valence electrons.